The summed E-state index contributed by atoms with van der Waals surface area (Å²) in [7, 11) is 1.56. The molecule has 2 rings (SSSR count). The second-order valence-electron chi connectivity index (χ2n) is 4.78. The third-order valence-electron chi connectivity index (χ3n) is 3.21. The molecule has 2 aromatic heterocycles. The largest absolute Gasteiger partial charge is 0.365 e. The molecule has 0 aliphatic carbocycles. The molecule has 0 bridgehead atoms. The number of nitrogens with zero attached hydrogens (tertiary/aromatic N) is 1. The topological polar surface area (TPSA) is 86.9 Å². The Balaban J connectivity index is 2.26. The van der Waals surface area contributed by atoms with Crippen LogP contribution >= 0.6 is 0 Å². The van der Waals surface area contributed by atoms with Crippen molar-refractivity contribution >= 4 is 11.7 Å². The summed E-state index contributed by atoms with van der Waals surface area (Å²) in [4.78, 5) is 30.7. The van der Waals surface area contributed by atoms with Gasteiger partial charge in [-0.15, -0.1) is 0 Å². The van der Waals surface area contributed by atoms with Crippen LogP contribution in [0.25, 0.3) is 0 Å². The van der Waals surface area contributed by atoms with E-state index in [1.807, 2.05) is 19.9 Å². The van der Waals surface area contributed by atoms with Gasteiger partial charge in [0.05, 0.1) is 5.56 Å². The number of carbonyl (C=O) groups is 1. The molecule has 0 fully saturated rings. The summed E-state index contributed by atoms with van der Waals surface area (Å²) in [6.07, 6.45) is 1.60. The highest BCUT2D eigenvalue weighted by molar-refractivity contribution is 5.98. The molecule has 0 unspecified atom stereocenters. The quantitative estimate of drug-likeness (QED) is 0.792. The number of H-pyrrole nitrogens is 1. The summed E-state index contributed by atoms with van der Waals surface area (Å²) >= 11 is 0. The fourth-order valence-corrected chi connectivity index (χ4v) is 2.14. The summed E-state index contributed by atoms with van der Waals surface area (Å²) in [6.45, 7) is 4.04. The van der Waals surface area contributed by atoms with Gasteiger partial charge in [0.25, 0.3) is 11.5 Å². The zero-order valence-corrected chi connectivity index (χ0v) is 12.3. The predicted octanol–water partition coefficient (Wildman–Crippen LogP) is 1.36. The van der Waals surface area contributed by atoms with Crippen LogP contribution in [0.2, 0.25) is 0 Å². The van der Waals surface area contributed by atoms with Gasteiger partial charge in [-0.3, -0.25) is 9.59 Å². The number of amides is 1. The highest BCUT2D eigenvalue weighted by Crippen LogP contribution is 2.13. The molecular formula is C15H18N4O2. The van der Waals surface area contributed by atoms with E-state index in [-0.39, 0.29) is 11.5 Å². The number of hydrogen-bond acceptors (Lipinski definition) is 4. The van der Waals surface area contributed by atoms with Gasteiger partial charge in [0.15, 0.2) is 0 Å². The first-order chi connectivity index (χ1) is 10.0. The standard InChI is InChI=1S/C15H18N4O2/c1-9-7-10(2)19-15(21)12(9)8-18-13-11(14(20)16-3)5-4-6-17-13/h4-7H,8H2,1-3H3,(H,16,20)(H,17,18)(H,19,21). The molecule has 0 spiro atoms. The molecule has 2 heterocycles. The van der Waals surface area contributed by atoms with Crippen LogP contribution in [0, 0.1) is 13.8 Å². The van der Waals surface area contributed by atoms with E-state index in [0.29, 0.717) is 23.5 Å². The monoisotopic (exact) mass is 286 g/mol. The maximum absolute atomic E-state index is 12.0. The van der Waals surface area contributed by atoms with E-state index >= 15 is 0 Å². The van der Waals surface area contributed by atoms with Gasteiger partial charge in [-0.1, -0.05) is 0 Å². The van der Waals surface area contributed by atoms with E-state index in [1.54, 1.807) is 25.4 Å². The van der Waals surface area contributed by atoms with Crippen molar-refractivity contribution in [2.75, 3.05) is 12.4 Å². The summed E-state index contributed by atoms with van der Waals surface area (Å²) in [6, 6.07) is 5.29. The molecule has 0 saturated heterocycles. The van der Waals surface area contributed by atoms with Crippen LogP contribution in [0.15, 0.2) is 29.2 Å². The summed E-state index contributed by atoms with van der Waals surface area (Å²) in [5.74, 6) is 0.233. The number of aryl methyl sites for hydroxylation is 2. The Morgan fingerprint density at radius 3 is 2.81 bits per heavy atom. The van der Waals surface area contributed by atoms with E-state index in [9.17, 15) is 9.59 Å². The van der Waals surface area contributed by atoms with Gasteiger partial charge in [-0.25, -0.2) is 4.98 Å². The van der Waals surface area contributed by atoms with Crippen LogP contribution in [0.3, 0.4) is 0 Å². The minimum absolute atomic E-state index is 0.127. The van der Waals surface area contributed by atoms with Gasteiger partial charge >= 0.3 is 0 Å². The van der Waals surface area contributed by atoms with Crippen LogP contribution in [0.1, 0.15) is 27.2 Å². The molecule has 6 heteroatoms. The zero-order valence-electron chi connectivity index (χ0n) is 12.3. The molecular weight excluding hydrogens is 268 g/mol. The van der Waals surface area contributed by atoms with Crippen molar-refractivity contribution < 1.29 is 4.79 Å². The summed E-state index contributed by atoms with van der Waals surface area (Å²) in [5, 5.41) is 5.62. The van der Waals surface area contributed by atoms with E-state index < -0.39 is 0 Å². The summed E-state index contributed by atoms with van der Waals surface area (Å²) < 4.78 is 0. The Morgan fingerprint density at radius 1 is 1.38 bits per heavy atom. The minimum Gasteiger partial charge on any atom is -0.365 e. The lowest BCUT2D eigenvalue weighted by Gasteiger charge is -2.11. The maximum Gasteiger partial charge on any atom is 0.254 e. The Kier molecular flexibility index (Phi) is 4.37. The molecule has 2 aromatic rings. The third kappa shape index (κ3) is 3.28. The highest BCUT2D eigenvalue weighted by atomic mass is 16.1. The number of hydrogen-bond donors (Lipinski definition) is 3. The second-order valence-corrected chi connectivity index (χ2v) is 4.78. The molecule has 21 heavy (non-hydrogen) atoms. The average molecular weight is 286 g/mol. The lowest BCUT2D eigenvalue weighted by atomic mass is 10.1. The van der Waals surface area contributed by atoms with Crippen molar-refractivity contribution in [3.63, 3.8) is 0 Å². The fourth-order valence-electron chi connectivity index (χ4n) is 2.14. The van der Waals surface area contributed by atoms with E-state index in [2.05, 4.69) is 20.6 Å². The van der Waals surface area contributed by atoms with Crippen LogP contribution in [0.4, 0.5) is 5.82 Å². The van der Waals surface area contributed by atoms with Crippen molar-refractivity contribution in [2.45, 2.75) is 20.4 Å². The normalized spacial score (nSPS) is 10.2. The van der Waals surface area contributed by atoms with Crippen molar-refractivity contribution in [1.82, 2.24) is 15.3 Å². The lowest BCUT2D eigenvalue weighted by molar-refractivity contribution is 0.0963. The number of aromatic amines is 1. The molecule has 3 N–H and O–H groups in total. The van der Waals surface area contributed by atoms with Gasteiger partial charge in [0.1, 0.15) is 5.82 Å². The number of aromatic nitrogens is 2. The molecule has 0 aliphatic rings. The summed E-state index contributed by atoms with van der Waals surface area (Å²) in [5.41, 5.74) is 2.68. The molecule has 0 aromatic carbocycles. The van der Waals surface area contributed by atoms with Gasteiger partial charge < -0.3 is 15.6 Å². The van der Waals surface area contributed by atoms with Crippen LogP contribution in [-0.4, -0.2) is 22.9 Å². The van der Waals surface area contributed by atoms with Gasteiger partial charge in [0, 0.05) is 31.0 Å². The van der Waals surface area contributed by atoms with Crippen LogP contribution < -0.4 is 16.2 Å². The van der Waals surface area contributed by atoms with Crippen molar-refractivity contribution in [3.05, 3.63) is 57.1 Å². The van der Waals surface area contributed by atoms with E-state index in [1.165, 1.54) is 0 Å². The number of rotatable bonds is 4. The number of nitrogens with one attached hydrogen (secondary N) is 3. The highest BCUT2D eigenvalue weighted by Gasteiger charge is 2.11. The Bertz CT molecular complexity index is 722. The molecule has 0 atom stereocenters. The van der Waals surface area contributed by atoms with Gasteiger partial charge in [0.2, 0.25) is 0 Å². The average Bonchev–Trinajstić information content (AvgIpc) is 2.45. The minimum atomic E-state index is -0.222. The fraction of sp³-hybridized carbons (Fsp3) is 0.267. The first-order valence-corrected chi connectivity index (χ1v) is 6.63. The van der Waals surface area contributed by atoms with E-state index in [4.69, 9.17) is 0 Å². The maximum atomic E-state index is 12.0. The molecule has 1 amide bonds. The molecule has 110 valence electrons. The Labute approximate surface area is 122 Å². The van der Waals surface area contributed by atoms with E-state index in [0.717, 1.165) is 11.3 Å². The SMILES string of the molecule is CNC(=O)c1cccnc1NCc1c(C)cc(C)[nH]c1=O. The first kappa shape index (κ1) is 14.8. The van der Waals surface area contributed by atoms with Gasteiger partial charge in [-0.2, -0.15) is 0 Å². The predicted molar refractivity (Wildman–Crippen MR) is 81.5 cm³/mol. The molecule has 0 saturated carbocycles. The molecule has 6 nitrogen and oxygen atoms in total. The number of pyridine rings is 2. The van der Waals surface area contributed by atoms with Crippen molar-refractivity contribution in [1.29, 1.82) is 0 Å². The first-order valence-electron chi connectivity index (χ1n) is 6.63. The van der Waals surface area contributed by atoms with Crippen molar-refractivity contribution in [3.8, 4) is 0 Å². The number of carbonyl (C=O) groups excluding carboxylic acids is 1. The molecule has 0 radical (unpaired) electrons. The van der Waals surface area contributed by atoms with Crippen molar-refractivity contribution in [2.24, 2.45) is 0 Å². The smallest absolute Gasteiger partial charge is 0.254 e. The van der Waals surface area contributed by atoms with Gasteiger partial charge in [-0.05, 0) is 37.6 Å². The zero-order chi connectivity index (χ0) is 15.4. The number of anilines is 1. The third-order valence-corrected chi connectivity index (χ3v) is 3.21. The Hall–Kier alpha value is -2.63. The molecule has 0 aliphatic heterocycles. The van der Waals surface area contributed by atoms with Crippen LogP contribution in [-0.2, 0) is 6.54 Å². The Morgan fingerprint density at radius 2 is 2.14 bits per heavy atom. The van der Waals surface area contributed by atoms with Crippen LogP contribution in [0.5, 0.6) is 0 Å². The second kappa shape index (κ2) is 6.21. The lowest BCUT2D eigenvalue weighted by Crippen LogP contribution is -2.22.